The van der Waals surface area contributed by atoms with Crippen LogP contribution in [-0.4, -0.2) is 36.1 Å². The molecule has 0 spiro atoms. The molecular weight excluding hydrogens is 410 g/mol. The minimum Gasteiger partial charge on any atom is -0.497 e. The molecule has 0 atom stereocenters. The fourth-order valence-corrected chi connectivity index (χ4v) is 3.74. The quantitative estimate of drug-likeness (QED) is 0.413. The average molecular weight is 432 g/mol. The third kappa shape index (κ3) is 4.95. The number of nitrogens with zero attached hydrogens (tertiary/aromatic N) is 2. The van der Waals surface area contributed by atoms with Gasteiger partial charge in [-0.2, -0.15) is 0 Å². The number of amides is 1. The molecule has 0 radical (unpaired) electrons. The van der Waals surface area contributed by atoms with E-state index in [2.05, 4.69) is 39.8 Å². The number of hydrogen-bond donors (Lipinski definition) is 1. The minimum absolute atomic E-state index is 0.158. The normalized spacial score (nSPS) is 10.6. The van der Waals surface area contributed by atoms with Gasteiger partial charge in [0.25, 0.3) is 0 Å². The van der Waals surface area contributed by atoms with Gasteiger partial charge in [0.05, 0.1) is 31.4 Å². The van der Waals surface area contributed by atoms with Crippen molar-refractivity contribution in [2.24, 2.45) is 0 Å². The topological polar surface area (TPSA) is 73.3 Å². The molecule has 3 aromatic carbocycles. The molecule has 1 aromatic heterocycles. The molecule has 0 aliphatic heterocycles. The molecule has 7 heteroatoms. The second kappa shape index (κ2) is 9.49. The molecule has 0 fully saturated rings. The number of methoxy groups -OCH3 is 2. The summed E-state index contributed by atoms with van der Waals surface area (Å²) >= 11 is 1.32. The number of aromatic nitrogens is 2. The average Bonchev–Trinajstić information content (AvgIpc) is 2.83. The number of nitrogens with one attached hydrogen (secondary N) is 1. The first-order valence-corrected chi connectivity index (χ1v) is 10.6. The highest BCUT2D eigenvalue weighted by molar-refractivity contribution is 7.99. The molecule has 0 saturated carbocycles. The van der Waals surface area contributed by atoms with Crippen molar-refractivity contribution >= 4 is 34.1 Å². The van der Waals surface area contributed by atoms with Gasteiger partial charge in [-0.1, -0.05) is 48.2 Å². The molecule has 156 valence electrons. The van der Waals surface area contributed by atoms with Crippen molar-refractivity contribution in [1.29, 1.82) is 0 Å². The Morgan fingerprint density at radius 2 is 1.74 bits per heavy atom. The first kappa shape index (κ1) is 20.7. The summed E-state index contributed by atoms with van der Waals surface area (Å²) in [7, 11) is 3.13. The molecule has 31 heavy (non-hydrogen) atoms. The Morgan fingerprint density at radius 3 is 2.48 bits per heavy atom. The maximum Gasteiger partial charge on any atom is 0.234 e. The predicted octanol–water partition coefficient (Wildman–Crippen LogP) is 5.04. The second-order valence-corrected chi connectivity index (χ2v) is 7.72. The highest BCUT2D eigenvalue weighted by atomic mass is 32.2. The zero-order chi connectivity index (χ0) is 21.6. The Labute approximate surface area is 184 Å². The van der Waals surface area contributed by atoms with Crippen LogP contribution in [-0.2, 0) is 4.79 Å². The third-order valence-corrected chi connectivity index (χ3v) is 5.64. The summed E-state index contributed by atoms with van der Waals surface area (Å²) in [6, 6.07) is 23.4. The van der Waals surface area contributed by atoms with Gasteiger partial charge in [-0.25, -0.2) is 0 Å². The summed E-state index contributed by atoms with van der Waals surface area (Å²) in [4.78, 5) is 12.4. The van der Waals surface area contributed by atoms with Crippen LogP contribution in [0.4, 0.5) is 5.69 Å². The van der Waals surface area contributed by atoms with E-state index in [9.17, 15) is 4.79 Å². The predicted molar refractivity (Wildman–Crippen MR) is 124 cm³/mol. The van der Waals surface area contributed by atoms with E-state index in [1.165, 1.54) is 17.1 Å². The molecular formula is C24H21N3O3S. The monoisotopic (exact) mass is 431 g/mol. The van der Waals surface area contributed by atoms with Crippen molar-refractivity contribution in [3.63, 3.8) is 0 Å². The van der Waals surface area contributed by atoms with Crippen LogP contribution in [0.3, 0.4) is 0 Å². The van der Waals surface area contributed by atoms with Crippen LogP contribution in [0.1, 0.15) is 0 Å². The first-order chi connectivity index (χ1) is 15.2. The standard InChI is InChI=1S/C24H21N3O3S/c1-29-19-9-10-21(22(14-19)30-2)25-23(28)15-31-24-12-11-20(26-27-24)18-8-7-16-5-3-4-6-17(16)13-18/h3-14H,15H2,1-2H3,(H,25,28). The van der Waals surface area contributed by atoms with Crippen LogP contribution in [0.15, 0.2) is 77.8 Å². The number of rotatable bonds is 7. The fourth-order valence-electron chi connectivity index (χ4n) is 3.13. The van der Waals surface area contributed by atoms with Gasteiger partial charge in [0.1, 0.15) is 16.5 Å². The number of thioether (sulfide) groups is 1. The van der Waals surface area contributed by atoms with Crippen LogP contribution < -0.4 is 14.8 Å². The van der Waals surface area contributed by atoms with Crippen LogP contribution in [0.2, 0.25) is 0 Å². The number of benzene rings is 3. The van der Waals surface area contributed by atoms with Gasteiger partial charge in [-0.3, -0.25) is 4.79 Å². The van der Waals surface area contributed by atoms with Crippen molar-refractivity contribution < 1.29 is 14.3 Å². The molecule has 0 bridgehead atoms. The Hall–Kier alpha value is -3.58. The van der Waals surface area contributed by atoms with E-state index in [1.807, 2.05) is 30.3 Å². The summed E-state index contributed by atoms with van der Waals surface area (Å²) in [6.45, 7) is 0. The maximum atomic E-state index is 12.4. The van der Waals surface area contributed by atoms with Crippen LogP contribution in [0.5, 0.6) is 11.5 Å². The van der Waals surface area contributed by atoms with E-state index >= 15 is 0 Å². The Kier molecular flexibility index (Phi) is 6.33. The number of anilines is 1. The molecule has 4 rings (SSSR count). The lowest BCUT2D eigenvalue weighted by atomic mass is 10.1. The van der Waals surface area contributed by atoms with E-state index in [0.29, 0.717) is 22.2 Å². The van der Waals surface area contributed by atoms with Gasteiger partial charge >= 0.3 is 0 Å². The van der Waals surface area contributed by atoms with Crippen molar-refractivity contribution in [3.8, 4) is 22.8 Å². The number of hydrogen-bond acceptors (Lipinski definition) is 6. The van der Waals surface area contributed by atoms with Gasteiger partial charge in [-0.15, -0.1) is 10.2 Å². The fraction of sp³-hybridized carbons (Fsp3) is 0.125. The van der Waals surface area contributed by atoms with Crippen LogP contribution in [0, 0.1) is 0 Å². The van der Waals surface area contributed by atoms with Crippen LogP contribution in [0.25, 0.3) is 22.0 Å². The smallest absolute Gasteiger partial charge is 0.234 e. The molecule has 6 nitrogen and oxygen atoms in total. The van der Waals surface area contributed by atoms with Gasteiger partial charge in [0, 0.05) is 11.6 Å². The molecule has 0 aliphatic carbocycles. The largest absolute Gasteiger partial charge is 0.497 e. The number of carbonyl (C=O) groups excluding carboxylic acids is 1. The lowest BCUT2D eigenvalue weighted by Gasteiger charge is -2.11. The van der Waals surface area contributed by atoms with E-state index in [4.69, 9.17) is 9.47 Å². The molecule has 0 saturated heterocycles. The minimum atomic E-state index is -0.158. The van der Waals surface area contributed by atoms with Gasteiger partial charge in [0.2, 0.25) is 5.91 Å². The second-order valence-electron chi connectivity index (χ2n) is 6.72. The van der Waals surface area contributed by atoms with E-state index < -0.39 is 0 Å². The molecule has 0 aliphatic rings. The highest BCUT2D eigenvalue weighted by Crippen LogP contribution is 2.29. The Bertz CT molecular complexity index is 1210. The number of fused-ring (bicyclic) bond motifs is 1. The summed E-state index contributed by atoms with van der Waals surface area (Å²) < 4.78 is 10.5. The van der Waals surface area contributed by atoms with Crippen molar-refractivity contribution in [3.05, 3.63) is 72.8 Å². The molecule has 1 amide bonds. The Balaban J connectivity index is 1.38. The molecule has 4 aromatic rings. The van der Waals surface area contributed by atoms with E-state index in [0.717, 1.165) is 16.6 Å². The van der Waals surface area contributed by atoms with E-state index in [1.54, 1.807) is 32.4 Å². The SMILES string of the molecule is COc1ccc(NC(=O)CSc2ccc(-c3ccc4ccccc4c3)nn2)c(OC)c1. The van der Waals surface area contributed by atoms with E-state index in [-0.39, 0.29) is 11.7 Å². The van der Waals surface area contributed by atoms with Crippen molar-refractivity contribution in [2.45, 2.75) is 5.03 Å². The summed E-state index contributed by atoms with van der Waals surface area (Å²) in [5.41, 5.74) is 2.39. The van der Waals surface area contributed by atoms with Gasteiger partial charge in [0.15, 0.2) is 0 Å². The zero-order valence-corrected chi connectivity index (χ0v) is 18.0. The third-order valence-electron chi connectivity index (χ3n) is 4.72. The molecule has 0 unspecified atom stereocenters. The Morgan fingerprint density at radius 1 is 0.903 bits per heavy atom. The number of ether oxygens (including phenoxy) is 2. The first-order valence-electron chi connectivity index (χ1n) is 9.64. The van der Waals surface area contributed by atoms with Gasteiger partial charge in [-0.05, 0) is 41.1 Å². The summed E-state index contributed by atoms with van der Waals surface area (Å²) in [5.74, 6) is 1.25. The number of carbonyl (C=O) groups is 1. The van der Waals surface area contributed by atoms with Crippen molar-refractivity contribution in [1.82, 2.24) is 10.2 Å². The molecule has 1 N–H and O–H groups in total. The lowest BCUT2D eigenvalue weighted by Crippen LogP contribution is -2.14. The molecule has 1 heterocycles. The van der Waals surface area contributed by atoms with Gasteiger partial charge < -0.3 is 14.8 Å². The van der Waals surface area contributed by atoms with Crippen LogP contribution >= 0.6 is 11.8 Å². The summed E-state index contributed by atoms with van der Waals surface area (Å²) in [6.07, 6.45) is 0. The maximum absolute atomic E-state index is 12.4. The lowest BCUT2D eigenvalue weighted by molar-refractivity contribution is -0.113. The highest BCUT2D eigenvalue weighted by Gasteiger charge is 2.10. The van der Waals surface area contributed by atoms with Crippen molar-refractivity contribution in [2.75, 3.05) is 25.3 Å². The summed E-state index contributed by atoms with van der Waals surface area (Å²) in [5, 5.41) is 14.5. The zero-order valence-electron chi connectivity index (χ0n) is 17.2.